The molecule has 1 aromatic rings. The minimum atomic E-state index is 0.106. The van der Waals surface area contributed by atoms with Crippen molar-refractivity contribution in [1.82, 2.24) is 0 Å². The second kappa shape index (κ2) is 5.19. The number of benzene rings is 1. The molecular weight excluding hydrogens is 266 g/mol. The van der Waals surface area contributed by atoms with Crippen LogP contribution in [-0.2, 0) is 0 Å². The topological polar surface area (TPSA) is 35.2 Å². The molecule has 2 rings (SSSR count). The number of hydrogen-bond acceptors (Lipinski definition) is 2. The highest BCUT2D eigenvalue weighted by Gasteiger charge is 2.25. The van der Waals surface area contributed by atoms with Crippen molar-refractivity contribution in [3.05, 3.63) is 28.2 Å². The lowest BCUT2D eigenvalue weighted by atomic mass is 9.92. The molecule has 0 spiro atoms. The summed E-state index contributed by atoms with van der Waals surface area (Å²) in [6.45, 7) is 0. The van der Waals surface area contributed by atoms with Gasteiger partial charge in [0.15, 0.2) is 0 Å². The van der Waals surface area contributed by atoms with Gasteiger partial charge in [-0.25, -0.2) is 0 Å². The van der Waals surface area contributed by atoms with Gasteiger partial charge in [-0.15, -0.1) is 0 Å². The standard InChI is InChI=1S/C13H18BrNO/c1-16-12-7-6-10(14)8-11(12)13(15)9-4-2-3-5-9/h6-9,13H,2-5,15H2,1H3/t13-/m0/s1. The first-order valence-electron chi connectivity index (χ1n) is 5.81. The maximum atomic E-state index is 6.34. The summed E-state index contributed by atoms with van der Waals surface area (Å²) in [7, 11) is 1.70. The fourth-order valence-corrected chi connectivity index (χ4v) is 2.91. The van der Waals surface area contributed by atoms with E-state index < -0.39 is 0 Å². The van der Waals surface area contributed by atoms with E-state index >= 15 is 0 Å². The molecule has 1 aliphatic carbocycles. The molecule has 0 aliphatic heterocycles. The summed E-state index contributed by atoms with van der Waals surface area (Å²) in [6, 6.07) is 6.16. The Kier molecular flexibility index (Phi) is 3.87. The van der Waals surface area contributed by atoms with E-state index in [0.717, 1.165) is 15.8 Å². The zero-order valence-corrected chi connectivity index (χ0v) is 11.2. The number of nitrogens with two attached hydrogens (primary N) is 1. The average Bonchev–Trinajstić information content (AvgIpc) is 2.81. The molecule has 88 valence electrons. The molecule has 0 heterocycles. The Labute approximate surface area is 105 Å². The van der Waals surface area contributed by atoms with Gasteiger partial charge in [0, 0.05) is 16.1 Å². The van der Waals surface area contributed by atoms with Crippen molar-refractivity contribution in [2.45, 2.75) is 31.7 Å². The molecule has 1 fully saturated rings. The quantitative estimate of drug-likeness (QED) is 0.919. The largest absolute Gasteiger partial charge is 0.496 e. The zero-order valence-electron chi connectivity index (χ0n) is 9.58. The molecule has 1 aliphatic rings. The Morgan fingerprint density at radius 3 is 2.69 bits per heavy atom. The molecule has 2 N–H and O–H groups in total. The van der Waals surface area contributed by atoms with Gasteiger partial charge in [0.1, 0.15) is 5.75 Å². The summed E-state index contributed by atoms with van der Waals surface area (Å²) in [5.41, 5.74) is 7.47. The van der Waals surface area contributed by atoms with Gasteiger partial charge in [-0.2, -0.15) is 0 Å². The van der Waals surface area contributed by atoms with Crippen LogP contribution in [0.25, 0.3) is 0 Å². The first-order valence-corrected chi connectivity index (χ1v) is 6.60. The highest BCUT2D eigenvalue weighted by Crippen LogP contribution is 2.38. The van der Waals surface area contributed by atoms with Crippen molar-refractivity contribution in [1.29, 1.82) is 0 Å². The van der Waals surface area contributed by atoms with Crippen LogP contribution in [0, 0.1) is 5.92 Å². The van der Waals surface area contributed by atoms with E-state index in [1.807, 2.05) is 12.1 Å². The molecule has 1 aromatic carbocycles. The number of halogens is 1. The summed E-state index contributed by atoms with van der Waals surface area (Å²) >= 11 is 3.49. The lowest BCUT2D eigenvalue weighted by molar-refractivity contribution is 0.385. The van der Waals surface area contributed by atoms with E-state index in [1.165, 1.54) is 25.7 Å². The molecule has 0 unspecified atom stereocenters. The maximum Gasteiger partial charge on any atom is 0.123 e. The molecule has 16 heavy (non-hydrogen) atoms. The average molecular weight is 284 g/mol. The maximum absolute atomic E-state index is 6.34. The Morgan fingerprint density at radius 2 is 2.06 bits per heavy atom. The molecule has 3 heteroatoms. The molecular formula is C13H18BrNO. The highest BCUT2D eigenvalue weighted by atomic mass is 79.9. The van der Waals surface area contributed by atoms with Crippen LogP contribution in [0.1, 0.15) is 37.3 Å². The second-order valence-corrected chi connectivity index (χ2v) is 5.37. The predicted molar refractivity (Wildman–Crippen MR) is 69.6 cm³/mol. The zero-order chi connectivity index (χ0) is 11.5. The van der Waals surface area contributed by atoms with Crippen molar-refractivity contribution in [3.8, 4) is 5.75 Å². The monoisotopic (exact) mass is 283 g/mol. The third kappa shape index (κ3) is 2.41. The molecule has 1 atom stereocenters. The summed E-state index contributed by atoms with van der Waals surface area (Å²) in [6.07, 6.45) is 5.12. The Bertz CT molecular complexity index is 361. The fraction of sp³-hybridized carbons (Fsp3) is 0.538. The van der Waals surface area contributed by atoms with Gasteiger partial charge in [-0.3, -0.25) is 0 Å². The molecule has 0 amide bonds. The van der Waals surface area contributed by atoms with Crippen molar-refractivity contribution < 1.29 is 4.74 Å². The third-order valence-corrected chi connectivity index (χ3v) is 3.95. The van der Waals surface area contributed by atoms with E-state index in [2.05, 4.69) is 22.0 Å². The van der Waals surface area contributed by atoms with Crippen molar-refractivity contribution in [3.63, 3.8) is 0 Å². The van der Waals surface area contributed by atoms with Crippen LogP contribution in [0.5, 0.6) is 5.75 Å². The van der Waals surface area contributed by atoms with E-state index in [-0.39, 0.29) is 6.04 Å². The van der Waals surface area contributed by atoms with Crippen LogP contribution in [0.4, 0.5) is 0 Å². The van der Waals surface area contributed by atoms with Crippen molar-refractivity contribution >= 4 is 15.9 Å². The van der Waals surface area contributed by atoms with Crippen molar-refractivity contribution in [2.75, 3.05) is 7.11 Å². The predicted octanol–water partition coefficient (Wildman–Crippen LogP) is 3.65. The van der Waals surface area contributed by atoms with Crippen LogP contribution in [0.3, 0.4) is 0 Å². The molecule has 0 saturated heterocycles. The van der Waals surface area contributed by atoms with Crippen LogP contribution in [0.2, 0.25) is 0 Å². The minimum absolute atomic E-state index is 0.106. The van der Waals surface area contributed by atoms with Crippen LogP contribution >= 0.6 is 15.9 Å². The van der Waals surface area contributed by atoms with Gasteiger partial charge in [-0.1, -0.05) is 28.8 Å². The van der Waals surface area contributed by atoms with Crippen LogP contribution in [-0.4, -0.2) is 7.11 Å². The number of rotatable bonds is 3. The SMILES string of the molecule is COc1ccc(Br)cc1[C@@H](N)C1CCCC1. The van der Waals surface area contributed by atoms with Crippen molar-refractivity contribution in [2.24, 2.45) is 11.7 Å². The lowest BCUT2D eigenvalue weighted by Gasteiger charge is -2.21. The highest BCUT2D eigenvalue weighted by molar-refractivity contribution is 9.10. The second-order valence-electron chi connectivity index (χ2n) is 4.46. The van der Waals surface area contributed by atoms with Crippen LogP contribution in [0.15, 0.2) is 22.7 Å². The van der Waals surface area contributed by atoms with Gasteiger partial charge in [0.2, 0.25) is 0 Å². The van der Waals surface area contributed by atoms with Gasteiger partial charge in [0.05, 0.1) is 7.11 Å². The number of ether oxygens (including phenoxy) is 1. The smallest absolute Gasteiger partial charge is 0.123 e. The van der Waals surface area contributed by atoms with E-state index in [0.29, 0.717) is 5.92 Å². The van der Waals surface area contributed by atoms with E-state index in [4.69, 9.17) is 10.5 Å². The summed E-state index contributed by atoms with van der Waals surface area (Å²) in [5, 5.41) is 0. The van der Waals surface area contributed by atoms with E-state index in [1.54, 1.807) is 7.11 Å². The Hall–Kier alpha value is -0.540. The number of methoxy groups -OCH3 is 1. The Balaban J connectivity index is 2.26. The fourth-order valence-electron chi connectivity index (χ4n) is 2.54. The lowest BCUT2D eigenvalue weighted by Crippen LogP contribution is -2.19. The van der Waals surface area contributed by atoms with Gasteiger partial charge >= 0.3 is 0 Å². The van der Waals surface area contributed by atoms with Gasteiger partial charge in [0.25, 0.3) is 0 Å². The molecule has 2 nitrogen and oxygen atoms in total. The molecule has 1 saturated carbocycles. The first kappa shape index (κ1) is 11.9. The molecule has 0 aromatic heterocycles. The third-order valence-electron chi connectivity index (χ3n) is 3.46. The summed E-state index contributed by atoms with van der Waals surface area (Å²) in [5.74, 6) is 1.52. The Morgan fingerprint density at radius 1 is 1.38 bits per heavy atom. The minimum Gasteiger partial charge on any atom is -0.496 e. The summed E-state index contributed by atoms with van der Waals surface area (Å²) in [4.78, 5) is 0. The number of hydrogen-bond donors (Lipinski definition) is 1. The first-order chi connectivity index (χ1) is 7.72. The molecule has 0 bridgehead atoms. The normalized spacial score (nSPS) is 18.7. The van der Waals surface area contributed by atoms with Crippen LogP contribution < -0.4 is 10.5 Å². The summed E-state index contributed by atoms with van der Waals surface area (Å²) < 4.78 is 6.45. The molecule has 0 radical (unpaired) electrons. The van der Waals surface area contributed by atoms with Gasteiger partial charge < -0.3 is 10.5 Å². The van der Waals surface area contributed by atoms with E-state index in [9.17, 15) is 0 Å². The van der Waals surface area contributed by atoms with Gasteiger partial charge in [-0.05, 0) is 37.0 Å².